The maximum absolute atomic E-state index is 13.1. The quantitative estimate of drug-likeness (QED) is 0.0261. The number of nitrogens with one attached hydrogen (secondary N) is 1. The normalized spacial score (nSPS) is 19.4. The summed E-state index contributed by atoms with van der Waals surface area (Å²) in [5.41, 5.74) is 0. The Morgan fingerprint density at radius 1 is 0.455 bits per heavy atom. The van der Waals surface area contributed by atoms with Gasteiger partial charge in [-0.2, -0.15) is 0 Å². The van der Waals surface area contributed by atoms with Crippen molar-refractivity contribution < 1.29 is 39.8 Å². The van der Waals surface area contributed by atoms with Gasteiger partial charge < -0.3 is 40.3 Å². The first-order valence-electron chi connectivity index (χ1n) is 32.0. The minimum Gasteiger partial charge on any atom is -0.394 e. The lowest BCUT2D eigenvalue weighted by Gasteiger charge is -2.40. The van der Waals surface area contributed by atoms with E-state index < -0.39 is 49.5 Å². The summed E-state index contributed by atoms with van der Waals surface area (Å²) in [6.07, 6.45) is 74.9. The highest BCUT2D eigenvalue weighted by Gasteiger charge is 2.44. The summed E-state index contributed by atoms with van der Waals surface area (Å²) in [4.78, 5) is 13.1. The molecule has 0 radical (unpaired) electrons. The van der Waals surface area contributed by atoms with Gasteiger partial charge in [0.15, 0.2) is 6.29 Å². The Morgan fingerprint density at radius 2 is 0.818 bits per heavy atom. The lowest BCUT2D eigenvalue weighted by molar-refractivity contribution is -0.302. The SMILES string of the molecule is CC/C=C\C/C=C\C/C=C\C/C=C\C/C=C\C/C=C\CCCCCCCCCCCCCCCCC(=O)NC(COC1OC(CO)C(O)C(O)C1O)C(O)/C=C/CC/C=C/CCCCCCCCCCCCCCCCC. The van der Waals surface area contributed by atoms with Crippen molar-refractivity contribution in [1.82, 2.24) is 5.32 Å². The average molecular weight is 1080 g/mol. The molecule has 0 saturated carbocycles. The number of hydrogen-bond donors (Lipinski definition) is 6. The van der Waals surface area contributed by atoms with Gasteiger partial charge in [0, 0.05) is 6.42 Å². The third-order valence-electron chi connectivity index (χ3n) is 14.6. The second kappa shape index (κ2) is 56.4. The second-order valence-electron chi connectivity index (χ2n) is 21.8. The number of amides is 1. The fourth-order valence-electron chi connectivity index (χ4n) is 9.65. The summed E-state index contributed by atoms with van der Waals surface area (Å²) in [6, 6.07) is -0.828. The van der Waals surface area contributed by atoms with E-state index in [9.17, 15) is 30.3 Å². The molecule has 1 saturated heterocycles. The van der Waals surface area contributed by atoms with Crippen molar-refractivity contribution in [3.8, 4) is 0 Å². The minimum atomic E-state index is -1.58. The van der Waals surface area contributed by atoms with Crippen LogP contribution >= 0.6 is 0 Å². The molecule has 1 fully saturated rings. The number of hydrogen-bond acceptors (Lipinski definition) is 8. The third-order valence-corrected chi connectivity index (χ3v) is 14.6. The van der Waals surface area contributed by atoms with Gasteiger partial charge in [0.1, 0.15) is 24.4 Å². The molecule has 0 aromatic heterocycles. The highest BCUT2D eigenvalue weighted by molar-refractivity contribution is 5.76. The Balaban J connectivity index is 2.18. The standard InChI is InChI=1S/C68H119NO8/c1-3-5-7-9-11-13-15-17-19-21-23-25-26-27-28-29-30-31-32-33-34-35-36-38-40-42-44-46-48-50-52-54-56-58-64(72)69-61(60-76-68-67(75)66(74)65(73)63(59-70)77-68)62(71)57-55-53-51-49-47-45-43-41-39-37-24-22-20-18-16-14-12-10-8-6-4-2/h5,7,11,13,17,19,23,25,27-28,30-31,47,49,55,57,61-63,65-68,70-71,73-75H,3-4,6,8-10,12,14-16,18,20-22,24,26,29,32-46,48,50-54,56,58-60H2,1-2H3,(H,69,72)/b7-5-,13-11-,19-17-,25-23-,28-27-,31-30-,49-47+,57-55+. The molecule has 0 bridgehead atoms. The van der Waals surface area contributed by atoms with Gasteiger partial charge >= 0.3 is 0 Å². The smallest absolute Gasteiger partial charge is 0.220 e. The number of carbonyl (C=O) groups is 1. The topological polar surface area (TPSA) is 149 Å². The number of aliphatic hydroxyl groups excluding tert-OH is 5. The zero-order valence-electron chi connectivity index (χ0n) is 49.4. The second-order valence-corrected chi connectivity index (χ2v) is 21.8. The van der Waals surface area contributed by atoms with E-state index in [1.54, 1.807) is 6.08 Å². The zero-order chi connectivity index (χ0) is 55.8. The van der Waals surface area contributed by atoms with Gasteiger partial charge in [-0.05, 0) is 83.5 Å². The Bertz CT molecular complexity index is 1530. The zero-order valence-corrected chi connectivity index (χ0v) is 49.4. The molecule has 1 rings (SSSR count). The monoisotopic (exact) mass is 1080 g/mol. The van der Waals surface area contributed by atoms with Crippen molar-refractivity contribution in [2.45, 2.75) is 314 Å². The van der Waals surface area contributed by atoms with E-state index >= 15 is 0 Å². The van der Waals surface area contributed by atoms with Crippen LogP contribution in [0.25, 0.3) is 0 Å². The molecule has 1 amide bonds. The van der Waals surface area contributed by atoms with Gasteiger partial charge in [0.05, 0.1) is 25.4 Å². The predicted octanol–water partition coefficient (Wildman–Crippen LogP) is 16.7. The Labute approximate surface area is 473 Å². The van der Waals surface area contributed by atoms with E-state index in [1.165, 1.54) is 173 Å². The molecule has 7 unspecified atom stereocenters. The molecule has 7 atom stereocenters. The number of rotatable bonds is 54. The van der Waals surface area contributed by atoms with Crippen LogP contribution in [-0.4, -0.2) is 87.5 Å². The molecule has 1 aliphatic rings. The van der Waals surface area contributed by atoms with Crippen molar-refractivity contribution >= 4 is 5.91 Å². The molecule has 444 valence electrons. The Hall–Kier alpha value is -2.89. The average Bonchev–Trinajstić information content (AvgIpc) is 3.43. The van der Waals surface area contributed by atoms with Crippen molar-refractivity contribution in [2.24, 2.45) is 0 Å². The van der Waals surface area contributed by atoms with E-state index in [0.29, 0.717) is 6.42 Å². The molecule has 0 aromatic rings. The first kappa shape index (κ1) is 72.1. The molecule has 6 N–H and O–H groups in total. The number of allylic oxidation sites excluding steroid dienone is 15. The largest absolute Gasteiger partial charge is 0.394 e. The number of carbonyl (C=O) groups excluding carboxylic acids is 1. The minimum absolute atomic E-state index is 0.188. The molecule has 77 heavy (non-hydrogen) atoms. The molecule has 1 aliphatic heterocycles. The van der Waals surface area contributed by atoms with Crippen LogP contribution in [0, 0.1) is 0 Å². The van der Waals surface area contributed by atoms with E-state index in [0.717, 1.165) is 77.0 Å². The predicted molar refractivity (Wildman–Crippen MR) is 327 cm³/mol. The lowest BCUT2D eigenvalue weighted by Crippen LogP contribution is -2.60. The van der Waals surface area contributed by atoms with Crippen LogP contribution in [-0.2, 0) is 14.3 Å². The number of unbranched alkanes of at least 4 members (excludes halogenated alkanes) is 30. The fourth-order valence-corrected chi connectivity index (χ4v) is 9.65. The first-order valence-corrected chi connectivity index (χ1v) is 32.0. The molecule has 9 nitrogen and oxygen atoms in total. The maximum Gasteiger partial charge on any atom is 0.220 e. The van der Waals surface area contributed by atoms with Gasteiger partial charge in [0.2, 0.25) is 5.91 Å². The molecule has 0 aliphatic carbocycles. The van der Waals surface area contributed by atoms with Gasteiger partial charge in [-0.25, -0.2) is 0 Å². The molecule has 0 aromatic carbocycles. The highest BCUT2D eigenvalue weighted by Crippen LogP contribution is 2.23. The maximum atomic E-state index is 13.1. The van der Waals surface area contributed by atoms with Crippen LogP contribution in [0.2, 0.25) is 0 Å². The van der Waals surface area contributed by atoms with Gasteiger partial charge in [-0.15, -0.1) is 0 Å². The van der Waals surface area contributed by atoms with Crippen molar-refractivity contribution in [1.29, 1.82) is 0 Å². The summed E-state index contributed by atoms with van der Waals surface area (Å²) in [5, 5.41) is 54.6. The van der Waals surface area contributed by atoms with Crippen LogP contribution in [0.4, 0.5) is 0 Å². The lowest BCUT2D eigenvalue weighted by atomic mass is 9.99. The Kier molecular flexibility index (Phi) is 52.8. The summed E-state index contributed by atoms with van der Waals surface area (Å²) in [6.45, 7) is 3.67. The number of ether oxygens (including phenoxy) is 2. The van der Waals surface area contributed by atoms with Crippen LogP contribution in [0.1, 0.15) is 271 Å². The van der Waals surface area contributed by atoms with E-state index in [4.69, 9.17) is 9.47 Å². The van der Waals surface area contributed by atoms with Crippen molar-refractivity contribution in [3.63, 3.8) is 0 Å². The van der Waals surface area contributed by atoms with Gasteiger partial charge in [-0.1, -0.05) is 278 Å². The number of aliphatic hydroxyl groups is 5. The van der Waals surface area contributed by atoms with Crippen LogP contribution in [0.5, 0.6) is 0 Å². The molecule has 1 heterocycles. The van der Waals surface area contributed by atoms with Crippen LogP contribution in [0.15, 0.2) is 97.2 Å². The molecular weight excluding hydrogens is 959 g/mol. The molecule has 0 spiro atoms. The third kappa shape index (κ3) is 45.5. The summed E-state index contributed by atoms with van der Waals surface area (Å²) in [7, 11) is 0. The fraction of sp³-hybridized carbons (Fsp3) is 0.750. The molecule has 9 heteroatoms. The summed E-state index contributed by atoms with van der Waals surface area (Å²) in [5.74, 6) is -0.188. The molecular formula is C68H119NO8. The van der Waals surface area contributed by atoms with Crippen molar-refractivity contribution in [2.75, 3.05) is 13.2 Å². The van der Waals surface area contributed by atoms with Crippen LogP contribution < -0.4 is 5.32 Å². The summed E-state index contributed by atoms with van der Waals surface area (Å²) < 4.78 is 11.3. The van der Waals surface area contributed by atoms with Gasteiger partial charge in [0.25, 0.3) is 0 Å². The van der Waals surface area contributed by atoms with E-state index in [1.807, 2.05) is 6.08 Å². The van der Waals surface area contributed by atoms with E-state index in [-0.39, 0.29) is 12.5 Å². The highest BCUT2D eigenvalue weighted by atomic mass is 16.7. The van der Waals surface area contributed by atoms with E-state index in [2.05, 4.69) is 104 Å². The van der Waals surface area contributed by atoms with Gasteiger partial charge in [-0.3, -0.25) is 4.79 Å². The van der Waals surface area contributed by atoms with Crippen molar-refractivity contribution in [3.05, 3.63) is 97.2 Å². The van der Waals surface area contributed by atoms with Crippen LogP contribution in [0.3, 0.4) is 0 Å². The first-order chi connectivity index (χ1) is 37.8. The Morgan fingerprint density at radius 3 is 1.25 bits per heavy atom. The summed E-state index contributed by atoms with van der Waals surface area (Å²) >= 11 is 0.